The summed E-state index contributed by atoms with van der Waals surface area (Å²) in [6, 6.07) is 6.88. The van der Waals surface area contributed by atoms with Crippen LogP contribution >= 0.6 is 0 Å². The van der Waals surface area contributed by atoms with Crippen LogP contribution in [-0.4, -0.2) is 52.5 Å². The largest absolute Gasteiger partial charge is 0.493 e. The highest BCUT2D eigenvalue weighted by Crippen LogP contribution is 2.56. The topological polar surface area (TPSA) is 108 Å². The van der Waals surface area contributed by atoms with E-state index in [-0.39, 0.29) is 30.6 Å². The Bertz CT molecular complexity index is 1120. The number of fused-ring (bicyclic) bond motifs is 3. The van der Waals surface area contributed by atoms with Gasteiger partial charge in [0.25, 0.3) is 5.79 Å². The van der Waals surface area contributed by atoms with E-state index in [0.29, 0.717) is 28.4 Å². The van der Waals surface area contributed by atoms with Crippen molar-refractivity contribution in [2.45, 2.75) is 18.6 Å². The lowest BCUT2D eigenvalue weighted by Crippen LogP contribution is -2.51. The van der Waals surface area contributed by atoms with Crippen LogP contribution in [-0.2, 0) is 19.1 Å². The highest BCUT2D eigenvalue weighted by Gasteiger charge is 2.61. The minimum absolute atomic E-state index is 0.0722. The van der Waals surface area contributed by atoms with Crippen molar-refractivity contribution in [3.63, 3.8) is 0 Å². The number of carbonyl (C=O) groups is 2. The first-order valence-electron chi connectivity index (χ1n) is 10.2. The fourth-order valence-electron chi connectivity index (χ4n) is 4.57. The summed E-state index contributed by atoms with van der Waals surface area (Å²) in [5, 5.41) is 0. The molecule has 10 heteroatoms. The first-order valence-corrected chi connectivity index (χ1v) is 10.2. The second-order valence-electron chi connectivity index (χ2n) is 7.77. The van der Waals surface area contributed by atoms with Crippen LogP contribution in [0.4, 0.5) is 0 Å². The summed E-state index contributed by atoms with van der Waals surface area (Å²) >= 11 is 0. The Morgan fingerprint density at radius 1 is 0.970 bits per heavy atom. The number of cyclic esters (lactones) is 1. The van der Waals surface area contributed by atoms with E-state index < -0.39 is 29.6 Å². The van der Waals surface area contributed by atoms with Gasteiger partial charge in [-0.05, 0) is 23.8 Å². The van der Waals surface area contributed by atoms with Crippen molar-refractivity contribution in [2.24, 2.45) is 5.92 Å². The molecule has 3 atom stereocenters. The number of methoxy groups -OCH3 is 3. The molecule has 3 heterocycles. The molecule has 0 bridgehead atoms. The molecule has 3 aliphatic heterocycles. The zero-order valence-electron chi connectivity index (χ0n) is 18.5. The minimum Gasteiger partial charge on any atom is -0.493 e. The molecular weight excluding hydrogens is 436 g/mol. The SMILES string of the molecule is COc1cc([C@@H]2c3cc4c(cc3O[C@@]3(OC)COC(=O)[C@H]23)OCO4)cc(OC)c1OC(C)=O. The highest BCUT2D eigenvalue weighted by molar-refractivity contribution is 5.80. The van der Waals surface area contributed by atoms with Gasteiger partial charge in [-0.15, -0.1) is 0 Å². The maximum Gasteiger partial charge on any atom is 0.317 e. The number of carbonyl (C=O) groups excluding carboxylic acids is 2. The number of hydrogen-bond acceptors (Lipinski definition) is 10. The van der Waals surface area contributed by atoms with Crippen molar-refractivity contribution < 1.29 is 47.5 Å². The van der Waals surface area contributed by atoms with Gasteiger partial charge in [-0.3, -0.25) is 9.59 Å². The predicted molar refractivity (Wildman–Crippen MR) is 110 cm³/mol. The Kier molecular flexibility index (Phi) is 4.97. The number of esters is 2. The van der Waals surface area contributed by atoms with Gasteiger partial charge in [0.2, 0.25) is 12.5 Å². The van der Waals surface area contributed by atoms with Crippen molar-refractivity contribution in [1.29, 1.82) is 0 Å². The van der Waals surface area contributed by atoms with Gasteiger partial charge in [0.15, 0.2) is 29.6 Å². The van der Waals surface area contributed by atoms with Crippen LogP contribution in [0.5, 0.6) is 34.5 Å². The molecule has 0 radical (unpaired) electrons. The highest BCUT2D eigenvalue weighted by atomic mass is 16.7. The lowest BCUT2D eigenvalue weighted by molar-refractivity contribution is -0.195. The molecule has 1 fully saturated rings. The summed E-state index contributed by atoms with van der Waals surface area (Å²) in [6.07, 6.45) is 0. The van der Waals surface area contributed by atoms with Crippen LogP contribution < -0.4 is 28.4 Å². The molecule has 3 aliphatic rings. The maximum absolute atomic E-state index is 13.0. The average Bonchev–Trinajstić information content (AvgIpc) is 3.40. The van der Waals surface area contributed by atoms with Crippen LogP contribution in [0, 0.1) is 5.92 Å². The molecule has 0 aliphatic carbocycles. The Balaban J connectivity index is 1.74. The van der Waals surface area contributed by atoms with E-state index in [4.69, 9.17) is 37.9 Å². The van der Waals surface area contributed by atoms with E-state index in [1.54, 1.807) is 24.3 Å². The zero-order chi connectivity index (χ0) is 23.3. The van der Waals surface area contributed by atoms with Gasteiger partial charge >= 0.3 is 11.9 Å². The van der Waals surface area contributed by atoms with E-state index in [9.17, 15) is 9.59 Å². The van der Waals surface area contributed by atoms with E-state index in [1.165, 1.54) is 28.3 Å². The summed E-state index contributed by atoms with van der Waals surface area (Å²) in [4.78, 5) is 24.6. The van der Waals surface area contributed by atoms with E-state index in [0.717, 1.165) is 0 Å². The van der Waals surface area contributed by atoms with Gasteiger partial charge in [0.05, 0.1) is 14.2 Å². The molecule has 0 unspecified atom stereocenters. The molecule has 174 valence electrons. The lowest BCUT2D eigenvalue weighted by Gasteiger charge is -2.41. The van der Waals surface area contributed by atoms with Gasteiger partial charge in [0, 0.05) is 31.6 Å². The summed E-state index contributed by atoms with van der Waals surface area (Å²) in [6.45, 7) is 1.30. The van der Waals surface area contributed by atoms with Gasteiger partial charge in [0.1, 0.15) is 11.7 Å². The predicted octanol–water partition coefficient (Wildman–Crippen LogP) is 2.40. The molecule has 33 heavy (non-hydrogen) atoms. The van der Waals surface area contributed by atoms with Crippen LogP contribution in [0.1, 0.15) is 24.0 Å². The average molecular weight is 458 g/mol. The molecule has 0 amide bonds. The smallest absolute Gasteiger partial charge is 0.317 e. The molecule has 10 nitrogen and oxygen atoms in total. The van der Waals surface area contributed by atoms with Crippen LogP contribution in [0.15, 0.2) is 24.3 Å². The molecule has 1 saturated heterocycles. The third-order valence-corrected chi connectivity index (χ3v) is 6.03. The van der Waals surface area contributed by atoms with Gasteiger partial charge in [-0.2, -0.15) is 0 Å². The Hall–Kier alpha value is -3.66. The van der Waals surface area contributed by atoms with Gasteiger partial charge in [-0.1, -0.05) is 0 Å². The summed E-state index contributed by atoms with van der Waals surface area (Å²) < 4.78 is 44.7. The zero-order valence-corrected chi connectivity index (χ0v) is 18.5. The number of hydrogen-bond donors (Lipinski definition) is 0. The normalized spacial score (nSPS) is 24.3. The third kappa shape index (κ3) is 3.20. The molecule has 5 rings (SSSR count). The summed E-state index contributed by atoms with van der Waals surface area (Å²) in [5.74, 6) is -1.52. The minimum atomic E-state index is -1.34. The third-order valence-electron chi connectivity index (χ3n) is 6.03. The van der Waals surface area contributed by atoms with Crippen LogP contribution in [0.25, 0.3) is 0 Å². The number of ether oxygens (including phenoxy) is 8. The van der Waals surface area contributed by atoms with Gasteiger partial charge in [-0.25, -0.2) is 0 Å². The fraction of sp³-hybridized carbons (Fsp3) is 0.391. The van der Waals surface area contributed by atoms with Crippen molar-refractivity contribution in [3.05, 3.63) is 35.4 Å². The van der Waals surface area contributed by atoms with Crippen molar-refractivity contribution in [3.8, 4) is 34.5 Å². The molecule has 0 saturated carbocycles. The fourth-order valence-corrected chi connectivity index (χ4v) is 4.57. The van der Waals surface area contributed by atoms with Crippen LogP contribution in [0.3, 0.4) is 0 Å². The molecular formula is C23H22O10. The van der Waals surface area contributed by atoms with E-state index >= 15 is 0 Å². The first-order chi connectivity index (χ1) is 15.9. The number of rotatable bonds is 5. The molecule has 2 aromatic rings. The molecule has 0 N–H and O–H groups in total. The Morgan fingerprint density at radius 3 is 2.24 bits per heavy atom. The molecule has 2 aromatic carbocycles. The standard InChI is InChI=1S/C23H22O10/c1-11(24)32-21-17(26-2)5-12(6-18(21)27-3)19-13-7-15-16(31-10-30-15)8-14(13)33-23(28-4)9-29-22(25)20(19)23/h5-8,19-20H,9-10H2,1-4H3/t19-,20+,23+/m1/s1. The summed E-state index contributed by atoms with van der Waals surface area (Å²) in [7, 11) is 4.37. The van der Waals surface area contributed by atoms with Crippen molar-refractivity contribution >= 4 is 11.9 Å². The van der Waals surface area contributed by atoms with Gasteiger partial charge < -0.3 is 37.9 Å². The molecule has 0 spiro atoms. The molecule has 0 aromatic heterocycles. The van der Waals surface area contributed by atoms with Crippen LogP contribution in [0.2, 0.25) is 0 Å². The van der Waals surface area contributed by atoms with E-state index in [2.05, 4.69) is 0 Å². The summed E-state index contributed by atoms with van der Waals surface area (Å²) in [5.41, 5.74) is 1.33. The first kappa shape index (κ1) is 21.2. The monoisotopic (exact) mass is 458 g/mol. The second-order valence-corrected chi connectivity index (χ2v) is 7.77. The van der Waals surface area contributed by atoms with Crippen molar-refractivity contribution in [2.75, 3.05) is 34.7 Å². The number of benzene rings is 2. The quantitative estimate of drug-likeness (QED) is 0.490. The maximum atomic E-state index is 13.0. The lowest BCUT2D eigenvalue weighted by atomic mass is 9.75. The Labute approximate surface area is 189 Å². The van der Waals surface area contributed by atoms with E-state index in [1.807, 2.05) is 0 Å². The second kappa shape index (κ2) is 7.73. The Morgan fingerprint density at radius 2 is 1.64 bits per heavy atom. The van der Waals surface area contributed by atoms with Crippen molar-refractivity contribution in [1.82, 2.24) is 0 Å².